The number of para-hydroxylation sites is 1. The molecule has 3 aromatic heterocycles. The van der Waals surface area contributed by atoms with E-state index in [1.165, 1.54) is 27.4 Å². The number of rotatable bonds is 8. The van der Waals surface area contributed by atoms with Gasteiger partial charge in [0, 0.05) is 34.9 Å². The van der Waals surface area contributed by atoms with Gasteiger partial charge in [-0.1, -0.05) is 48.2 Å². The van der Waals surface area contributed by atoms with Crippen LogP contribution in [0.4, 0.5) is 0 Å². The lowest BCUT2D eigenvalue weighted by Gasteiger charge is -2.10. The standard InChI is InChI=1S/C25H21N5OS2/c31-23(27-14-12-19-16-32-22-11-5-4-10-21(19)22)17-33-25-29-28-24(18-7-6-13-26-15-18)30(25)20-8-2-1-3-9-20/h1-11,13,15-16H,12,14,17H2,(H,27,31). The van der Waals surface area contributed by atoms with Crippen molar-refractivity contribution in [2.45, 2.75) is 11.6 Å². The van der Waals surface area contributed by atoms with E-state index in [1.807, 2.05) is 47.0 Å². The van der Waals surface area contributed by atoms with Gasteiger partial charge >= 0.3 is 0 Å². The summed E-state index contributed by atoms with van der Waals surface area (Å²) in [7, 11) is 0. The quantitative estimate of drug-likeness (QED) is 0.323. The molecule has 0 aliphatic carbocycles. The van der Waals surface area contributed by atoms with Crippen LogP contribution in [-0.4, -0.2) is 38.0 Å². The molecule has 0 aliphatic heterocycles. The molecule has 2 aromatic carbocycles. The topological polar surface area (TPSA) is 72.7 Å². The highest BCUT2D eigenvalue weighted by atomic mass is 32.2. The molecule has 3 heterocycles. The second-order valence-corrected chi connectivity index (χ2v) is 9.22. The van der Waals surface area contributed by atoms with Crippen LogP contribution in [0.3, 0.4) is 0 Å². The number of thiophene rings is 1. The highest BCUT2D eigenvalue weighted by molar-refractivity contribution is 7.99. The minimum atomic E-state index is -0.0231. The molecular formula is C25H21N5OS2. The number of hydrogen-bond donors (Lipinski definition) is 1. The molecule has 0 saturated heterocycles. The highest BCUT2D eigenvalue weighted by Crippen LogP contribution is 2.28. The Morgan fingerprint density at radius 2 is 1.85 bits per heavy atom. The SMILES string of the molecule is O=C(CSc1nnc(-c2cccnc2)n1-c1ccccc1)NCCc1csc2ccccc12. The van der Waals surface area contributed by atoms with Gasteiger partial charge in [0.2, 0.25) is 5.91 Å². The predicted octanol–water partition coefficient (Wildman–Crippen LogP) is 5.00. The molecule has 0 aliphatic rings. The molecule has 5 rings (SSSR count). The van der Waals surface area contributed by atoms with E-state index in [9.17, 15) is 4.79 Å². The zero-order chi connectivity index (χ0) is 22.5. The molecule has 6 nitrogen and oxygen atoms in total. The van der Waals surface area contributed by atoms with Crippen LogP contribution in [0, 0.1) is 0 Å². The molecule has 33 heavy (non-hydrogen) atoms. The van der Waals surface area contributed by atoms with Crippen LogP contribution in [0.15, 0.2) is 89.7 Å². The van der Waals surface area contributed by atoms with Crippen molar-refractivity contribution >= 4 is 39.1 Å². The van der Waals surface area contributed by atoms with Gasteiger partial charge in [0.1, 0.15) is 0 Å². The van der Waals surface area contributed by atoms with Crippen molar-refractivity contribution < 1.29 is 4.79 Å². The van der Waals surface area contributed by atoms with Crippen molar-refractivity contribution in [3.05, 3.63) is 90.1 Å². The van der Waals surface area contributed by atoms with Gasteiger partial charge in [-0.25, -0.2) is 0 Å². The lowest BCUT2D eigenvalue weighted by atomic mass is 10.1. The number of benzene rings is 2. The normalized spacial score (nSPS) is 11.0. The van der Waals surface area contributed by atoms with Gasteiger partial charge in [-0.3, -0.25) is 14.3 Å². The van der Waals surface area contributed by atoms with Gasteiger partial charge < -0.3 is 5.32 Å². The van der Waals surface area contributed by atoms with Crippen molar-refractivity contribution in [2.75, 3.05) is 12.3 Å². The fraction of sp³-hybridized carbons (Fsp3) is 0.120. The van der Waals surface area contributed by atoms with E-state index in [1.54, 1.807) is 23.7 Å². The minimum Gasteiger partial charge on any atom is -0.355 e. The first-order valence-corrected chi connectivity index (χ1v) is 12.4. The summed E-state index contributed by atoms with van der Waals surface area (Å²) in [5.41, 5.74) is 3.08. The zero-order valence-electron chi connectivity index (χ0n) is 17.7. The summed E-state index contributed by atoms with van der Waals surface area (Å²) in [6.45, 7) is 0.604. The second kappa shape index (κ2) is 9.97. The Hall–Kier alpha value is -3.49. The van der Waals surface area contributed by atoms with Gasteiger partial charge in [-0.15, -0.1) is 21.5 Å². The van der Waals surface area contributed by atoms with Crippen LogP contribution < -0.4 is 5.32 Å². The van der Waals surface area contributed by atoms with Crippen molar-refractivity contribution in [2.24, 2.45) is 0 Å². The maximum Gasteiger partial charge on any atom is 0.230 e. The number of hydrogen-bond acceptors (Lipinski definition) is 6. The van der Waals surface area contributed by atoms with Crippen molar-refractivity contribution in [1.82, 2.24) is 25.1 Å². The molecule has 164 valence electrons. The fourth-order valence-corrected chi connectivity index (χ4v) is 5.38. The van der Waals surface area contributed by atoms with Crippen LogP contribution in [0.25, 0.3) is 27.2 Å². The fourth-order valence-electron chi connectivity index (χ4n) is 3.60. The van der Waals surface area contributed by atoms with Crippen molar-refractivity contribution in [1.29, 1.82) is 0 Å². The number of carbonyl (C=O) groups is 1. The predicted molar refractivity (Wildman–Crippen MR) is 134 cm³/mol. The largest absolute Gasteiger partial charge is 0.355 e. The Labute approximate surface area is 199 Å². The first kappa shape index (κ1) is 21.4. The van der Waals surface area contributed by atoms with Gasteiger partial charge in [0.05, 0.1) is 5.75 Å². The van der Waals surface area contributed by atoms with E-state index in [4.69, 9.17) is 0 Å². The maximum atomic E-state index is 12.5. The summed E-state index contributed by atoms with van der Waals surface area (Å²) in [4.78, 5) is 16.7. The Kier molecular flexibility index (Phi) is 6.46. The Morgan fingerprint density at radius 1 is 1.00 bits per heavy atom. The lowest BCUT2D eigenvalue weighted by molar-refractivity contribution is -0.118. The number of nitrogens with one attached hydrogen (secondary N) is 1. The van der Waals surface area contributed by atoms with Crippen molar-refractivity contribution in [3.63, 3.8) is 0 Å². The number of thioether (sulfide) groups is 1. The summed E-state index contributed by atoms with van der Waals surface area (Å²) >= 11 is 3.12. The number of aromatic nitrogens is 4. The molecule has 0 spiro atoms. The third kappa shape index (κ3) is 4.81. The molecule has 0 atom stereocenters. The average molecular weight is 472 g/mol. The molecule has 0 bridgehead atoms. The molecule has 0 radical (unpaired) electrons. The molecule has 0 fully saturated rings. The molecular weight excluding hydrogens is 450 g/mol. The Bertz CT molecular complexity index is 1370. The van der Waals surface area contributed by atoms with E-state index < -0.39 is 0 Å². The number of pyridine rings is 1. The van der Waals surface area contributed by atoms with E-state index in [0.29, 0.717) is 17.5 Å². The van der Waals surface area contributed by atoms with Gasteiger partial charge in [0.25, 0.3) is 0 Å². The molecule has 8 heteroatoms. The third-order valence-corrected chi connectivity index (χ3v) is 7.12. The van der Waals surface area contributed by atoms with Crippen LogP contribution in [0.2, 0.25) is 0 Å². The number of fused-ring (bicyclic) bond motifs is 1. The zero-order valence-corrected chi connectivity index (χ0v) is 19.4. The van der Waals surface area contributed by atoms with Crippen molar-refractivity contribution in [3.8, 4) is 17.1 Å². The molecule has 0 unspecified atom stereocenters. The molecule has 1 N–H and O–H groups in total. The first-order valence-electron chi connectivity index (χ1n) is 10.6. The van der Waals surface area contributed by atoms with Gasteiger partial charge in [-0.2, -0.15) is 0 Å². The van der Waals surface area contributed by atoms with Gasteiger partial charge in [0.15, 0.2) is 11.0 Å². The van der Waals surface area contributed by atoms with Gasteiger partial charge in [-0.05, 0) is 53.1 Å². The number of amides is 1. The van der Waals surface area contributed by atoms with E-state index in [-0.39, 0.29) is 11.7 Å². The summed E-state index contributed by atoms with van der Waals surface area (Å²) < 4.78 is 3.24. The summed E-state index contributed by atoms with van der Waals surface area (Å²) in [6, 6.07) is 22.1. The van der Waals surface area contributed by atoms with Crippen LogP contribution in [0.5, 0.6) is 0 Å². The molecule has 1 amide bonds. The second-order valence-electron chi connectivity index (χ2n) is 7.36. The number of carbonyl (C=O) groups excluding carboxylic acids is 1. The monoisotopic (exact) mass is 471 g/mol. The number of nitrogens with zero attached hydrogens (tertiary/aromatic N) is 4. The third-order valence-electron chi connectivity index (χ3n) is 5.18. The minimum absolute atomic E-state index is 0.0231. The summed E-state index contributed by atoms with van der Waals surface area (Å²) in [5.74, 6) is 0.939. The van der Waals surface area contributed by atoms with E-state index in [0.717, 1.165) is 17.7 Å². The summed E-state index contributed by atoms with van der Waals surface area (Å²) in [6.07, 6.45) is 4.30. The maximum absolute atomic E-state index is 12.5. The smallest absolute Gasteiger partial charge is 0.230 e. The molecule has 5 aromatic rings. The lowest BCUT2D eigenvalue weighted by Crippen LogP contribution is -2.27. The molecule has 0 saturated carbocycles. The first-order chi connectivity index (χ1) is 16.3. The summed E-state index contributed by atoms with van der Waals surface area (Å²) in [5, 5.41) is 15.9. The van der Waals surface area contributed by atoms with Crippen LogP contribution in [-0.2, 0) is 11.2 Å². The van der Waals surface area contributed by atoms with E-state index >= 15 is 0 Å². The van der Waals surface area contributed by atoms with Crippen LogP contribution >= 0.6 is 23.1 Å². The van der Waals surface area contributed by atoms with Crippen LogP contribution in [0.1, 0.15) is 5.56 Å². The Morgan fingerprint density at radius 3 is 2.70 bits per heavy atom. The average Bonchev–Trinajstić information content (AvgIpc) is 3.48. The Balaban J connectivity index is 1.25. The van der Waals surface area contributed by atoms with E-state index in [2.05, 4.69) is 50.1 Å². The highest BCUT2D eigenvalue weighted by Gasteiger charge is 2.17.